The van der Waals surface area contributed by atoms with Crippen molar-refractivity contribution in [1.82, 2.24) is 5.32 Å². The molecule has 0 amide bonds. The molecule has 0 aromatic rings. The Labute approximate surface area is 107 Å². The minimum absolute atomic E-state index is 0.963. The fourth-order valence-corrected chi connectivity index (χ4v) is 1.41. The molecule has 0 aromatic heterocycles. The second kappa shape index (κ2) is 14.9. The van der Waals surface area contributed by atoms with Crippen LogP contribution in [0.25, 0.3) is 0 Å². The number of nitrogens with one attached hydrogen (secondary N) is 1. The molecule has 0 bridgehead atoms. The summed E-state index contributed by atoms with van der Waals surface area (Å²) >= 11 is 0. The van der Waals surface area contributed by atoms with Crippen LogP contribution >= 0.6 is 0 Å². The van der Waals surface area contributed by atoms with E-state index in [1.165, 1.54) is 12.8 Å². The van der Waals surface area contributed by atoms with Crippen molar-refractivity contribution >= 4 is 0 Å². The summed E-state index contributed by atoms with van der Waals surface area (Å²) in [5.41, 5.74) is 0. The van der Waals surface area contributed by atoms with Crippen LogP contribution in [0.3, 0.4) is 0 Å². The fraction of sp³-hybridized carbons (Fsp3) is 0.500. The summed E-state index contributed by atoms with van der Waals surface area (Å²) in [5.74, 6) is 0. The van der Waals surface area contributed by atoms with Crippen molar-refractivity contribution in [2.45, 2.75) is 38.5 Å². The first-order valence-electron chi connectivity index (χ1n) is 6.64. The van der Waals surface area contributed by atoms with E-state index in [4.69, 9.17) is 0 Å². The van der Waals surface area contributed by atoms with Gasteiger partial charge in [0.15, 0.2) is 0 Å². The van der Waals surface area contributed by atoms with Gasteiger partial charge in [0, 0.05) is 13.1 Å². The average Bonchev–Trinajstić information content (AvgIpc) is 2.35. The zero-order chi connectivity index (χ0) is 12.6. The molecule has 0 aliphatic heterocycles. The van der Waals surface area contributed by atoms with E-state index in [1.807, 2.05) is 12.2 Å². The molecule has 0 fully saturated rings. The first-order valence-corrected chi connectivity index (χ1v) is 6.64. The van der Waals surface area contributed by atoms with Gasteiger partial charge in [0.2, 0.25) is 0 Å². The summed E-state index contributed by atoms with van der Waals surface area (Å²) in [7, 11) is 0. The number of rotatable bonds is 12. The lowest BCUT2D eigenvalue weighted by Gasteiger charge is -1.95. The molecule has 0 aromatic carbocycles. The molecule has 0 radical (unpaired) electrons. The molecule has 17 heavy (non-hydrogen) atoms. The summed E-state index contributed by atoms with van der Waals surface area (Å²) in [5, 5.41) is 3.35. The lowest BCUT2D eigenvalue weighted by atomic mass is 10.2. The summed E-state index contributed by atoms with van der Waals surface area (Å²) in [4.78, 5) is 0. The van der Waals surface area contributed by atoms with Crippen LogP contribution in [-0.2, 0) is 0 Å². The summed E-state index contributed by atoms with van der Waals surface area (Å²) < 4.78 is 0. The van der Waals surface area contributed by atoms with Gasteiger partial charge in [-0.25, -0.2) is 0 Å². The highest BCUT2D eigenvalue weighted by Gasteiger charge is 1.81. The molecule has 1 N–H and O–H groups in total. The Kier molecular flexibility index (Phi) is 14.0. The molecule has 1 heteroatoms. The van der Waals surface area contributed by atoms with E-state index in [9.17, 15) is 0 Å². The van der Waals surface area contributed by atoms with Crippen LogP contribution < -0.4 is 5.32 Å². The van der Waals surface area contributed by atoms with Crippen LogP contribution in [0.5, 0.6) is 0 Å². The Bertz CT molecular complexity index is 202. The Morgan fingerprint density at radius 1 is 0.647 bits per heavy atom. The number of unbranched alkanes of at least 4 members (excludes halogenated alkanes) is 4. The largest absolute Gasteiger partial charge is 0.310 e. The van der Waals surface area contributed by atoms with Crippen molar-refractivity contribution in [1.29, 1.82) is 0 Å². The Balaban J connectivity index is 3.16. The summed E-state index contributed by atoms with van der Waals surface area (Å²) in [6, 6.07) is 0. The third-order valence-corrected chi connectivity index (χ3v) is 2.42. The third kappa shape index (κ3) is 14.9. The quantitative estimate of drug-likeness (QED) is 0.389. The maximum atomic E-state index is 3.71. The second-order valence-corrected chi connectivity index (χ2v) is 4.04. The molecule has 0 atom stereocenters. The van der Waals surface area contributed by atoms with Gasteiger partial charge in [-0.2, -0.15) is 0 Å². The van der Waals surface area contributed by atoms with Crippen molar-refractivity contribution in [2.75, 3.05) is 13.1 Å². The van der Waals surface area contributed by atoms with Gasteiger partial charge in [0.05, 0.1) is 0 Å². The van der Waals surface area contributed by atoms with Gasteiger partial charge in [-0.15, -0.1) is 13.2 Å². The maximum absolute atomic E-state index is 3.71. The van der Waals surface area contributed by atoms with E-state index in [0.717, 1.165) is 38.8 Å². The standard InChI is InChI=1S/C16H27N/c1-3-5-7-9-11-13-15-17-16-14-12-10-8-6-4-2/h3-4,11-14,17H,1-2,5-10,15-16H2/b13-11+,14-12+. The zero-order valence-electron chi connectivity index (χ0n) is 11.0. The van der Waals surface area contributed by atoms with Gasteiger partial charge < -0.3 is 5.32 Å². The predicted octanol–water partition coefficient (Wildman–Crippen LogP) is 4.40. The van der Waals surface area contributed by atoms with Gasteiger partial charge in [-0.05, 0) is 38.5 Å². The third-order valence-electron chi connectivity index (χ3n) is 2.42. The molecule has 0 saturated carbocycles. The minimum Gasteiger partial charge on any atom is -0.310 e. The van der Waals surface area contributed by atoms with Crippen LogP contribution in [0, 0.1) is 0 Å². The Morgan fingerprint density at radius 3 is 1.53 bits per heavy atom. The SMILES string of the molecule is C=CCCC/C=C/CNC/C=C/CCCC=C. The highest BCUT2D eigenvalue weighted by atomic mass is 14.8. The van der Waals surface area contributed by atoms with Gasteiger partial charge in [-0.1, -0.05) is 36.5 Å². The second-order valence-electron chi connectivity index (χ2n) is 4.04. The molecule has 0 aliphatic carbocycles. The van der Waals surface area contributed by atoms with E-state index >= 15 is 0 Å². The van der Waals surface area contributed by atoms with Gasteiger partial charge in [0.25, 0.3) is 0 Å². The first kappa shape index (κ1) is 15.9. The van der Waals surface area contributed by atoms with E-state index < -0.39 is 0 Å². The van der Waals surface area contributed by atoms with Crippen LogP contribution in [-0.4, -0.2) is 13.1 Å². The number of allylic oxidation sites excluding steroid dienone is 4. The fourth-order valence-electron chi connectivity index (χ4n) is 1.41. The normalized spacial score (nSPS) is 11.3. The highest BCUT2D eigenvalue weighted by molar-refractivity contribution is 4.88. The topological polar surface area (TPSA) is 12.0 Å². The lowest BCUT2D eigenvalue weighted by molar-refractivity contribution is 0.819. The van der Waals surface area contributed by atoms with Crippen LogP contribution in [0.2, 0.25) is 0 Å². The van der Waals surface area contributed by atoms with E-state index in [-0.39, 0.29) is 0 Å². The van der Waals surface area contributed by atoms with Crippen molar-refractivity contribution in [3.05, 3.63) is 49.6 Å². The maximum Gasteiger partial charge on any atom is 0.0137 e. The van der Waals surface area contributed by atoms with Gasteiger partial charge in [0.1, 0.15) is 0 Å². The molecular weight excluding hydrogens is 206 g/mol. The monoisotopic (exact) mass is 233 g/mol. The first-order chi connectivity index (χ1) is 8.41. The molecule has 0 heterocycles. The molecule has 0 rings (SSSR count). The highest BCUT2D eigenvalue weighted by Crippen LogP contribution is 1.96. The molecular formula is C16H27N. The predicted molar refractivity (Wildman–Crippen MR) is 79.2 cm³/mol. The molecule has 0 saturated heterocycles. The number of hydrogen-bond donors (Lipinski definition) is 1. The van der Waals surface area contributed by atoms with Crippen molar-refractivity contribution < 1.29 is 0 Å². The van der Waals surface area contributed by atoms with Crippen LogP contribution in [0.1, 0.15) is 38.5 Å². The van der Waals surface area contributed by atoms with E-state index in [2.05, 4.69) is 42.8 Å². The molecule has 96 valence electrons. The zero-order valence-corrected chi connectivity index (χ0v) is 11.0. The van der Waals surface area contributed by atoms with Gasteiger partial charge >= 0.3 is 0 Å². The Morgan fingerprint density at radius 2 is 1.12 bits per heavy atom. The molecule has 0 aliphatic rings. The number of hydrogen-bond acceptors (Lipinski definition) is 1. The lowest BCUT2D eigenvalue weighted by Crippen LogP contribution is -2.12. The summed E-state index contributed by atoms with van der Waals surface area (Å²) in [6.07, 6.45) is 19.8. The smallest absolute Gasteiger partial charge is 0.0137 e. The van der Waals surface area contributed by atoms with Crippen molar-refractivity contribution in [2.24, 2.45) is 0 Å². The summed E-state index contributed by atoms with van der Waals surface area (Å²) in [6.45, 7) is 9.34. The van der Waals surface area contributed by atoms with E-state index in [0.29, 0.717) is 0 Å². The molecule has 0 spiro atoms. The van der Waals surface area contributed by atoms with Crippen molar-refractivity contribution in [3.63, 3.8) is 0 Å². The van der Waals surface area contributed by atoms with Crippen LogP contribution in [0.4, 0.5) is 0 Å². The molecule has 0 unspecified atom stereocenters. The average molecular weight is 233 g/mol. The molecule has 1 nitrogen and oxygen atoms in total. The van der Waals surface area contributed by atoms with Gasteiger partial charge in [-0.3, -0.25) is 0 Å². The van der Waals surface area contributed by atoms with Crippen LogP contribution in [0.15, 0.2) is 49.6 Å². The van der Waals surface area contributed by atoms with E-state index in [1.54, 1.807) is 0 Å². The minimum atomic E-state index is 0.963. The van der Waals surface area contributed by atoms with Crippen molar-refractivity contribution in [3.8, 4) is 0 Å². The Hall–Kier alpha value is -1.08.